The standard InChI is InChI=1S/C11H11N2O2/c14-10-6-7-13(11(15)12-10)8-9-4-2-1-3-5-9/h1-5,7H,6,8H2,(H,12,14,15). The minimum Gasteiger partial charge on any atom is -0.315 e. The van der Waals surface area contributed by atoms with Crippen LogP contribution in [0.4, 0.5) is 4.79 Å². The maximum atomic E-state index is 11.4. The summed E-state index contributed by atoms with van der Waals surface area (Å²) >= 11 is 0. The topological polar surface area (TPSA) is 49.4 Å². The Balaban J connectivity index is 2.01. The molecule has 0 bridgehead atoms. The van der Waals surface area contributed by atoms with Crippen molar-refractivity contribution in [3.05, 3.63) is 42.4 Å². The highest BCUT2D eigenvalue weighted by Gasteiger charge is 2.22. The zero-order valence-corrected chi connectivity index (χ0v) is 8.14. The molecule has 3 amide bonds. The molecule has 1 fully saturated rings. The summed E-state index contributed by atoms with van der Waals surface area (Å²) in [6, 6.07) is 9.29. The molecule has 1 aliphatic rings. The van der Waals surface area contributed by atoms with Crippen molar-refractivity contribution in [1.29, 1.82) is 0 Å². The number of amides is 3. The minimum atomic E-state index is -0.352. The van der Waals surface area contributed by atoms with Gasteiger partial charge in [-0.3, -0.25) is 10.1 Å². The molecule has 0 saturated carbocycles. The highest BCUT2D eigenvalue weighted by Crippen LogP contribution is 2.10. The Labute approximate surface area is 87.9 Å². The predicted octanol–water partition coefficient (Wildman–Crippen LogP) is 1.29. The first-order chi connectivity index (χ1) is 7.25. The second-order valence-electron chi connectivity index (χ2n) is 3.35. The molecule has 0 aliphatic carbocycles. The van der Waals surface area contributed by atoms with Crippen molar-refractivity contribution in [3.8, 4) is 0 Å². The quantitative estimate of drug-likeness (QED) is 0.787. The third-order valence-corrected chi connectivity index (χ3v) is 2.20. The van der Waals surface area contributed by atoms with Crippen LogP contribution in [0.1, 0.15) is 12.0 Å². The van der Waals surface area contributed by atoms with E-state index in [2.05, 4.69) is 5.32 Å². The van der Waals surface area contributed by atoms with E-state index in [1.165, 1.54) is 4.90 Å². The molecule has 1 saturated heterocycles. The number of imide groups is 1. The summed E-state index contributed by atoms with van der Waals surface area (Å²) in [5.41, 5.74) is 1.04. The second-order valence-corrected chi connectivity index (χ2v) is 3.35. The van der Waals surface area contributed by atoms with Crippen molar-refractivity contribution in [1.82, 2.24) is 10.2 Å². The molecule has 15 heavy (non-hydrogen) atoms. The molecule has 0 aromatic heterocycles. The van der Waals surface area contributed by atoms with Crippen LogP contribution in [0.2, 0.25) is 0 Å². The summed E-state index contributed by atoms with van der Waals surface area (Å²) in [6.07, 6.45) is 0.262. The number of nitrogens with zero attached hydrogens (tertiary/aromatic N) is 1. The predicted molar refractivity (Wildman–Crippen MR) is 54.4 cm³/mol. The van der Waals surface area contributed by atoms with Gasteiger partial charge < -0.3 is 4.90 Å². The van der Waals surface area contributed by atoms with Gasteiger partial charge in [-0.1, -0.05) is 30.3 Å². The molecule has 1 N–H and O–H groups in total. The van der Waals surface area contributed by atoms with Gasteiger partial charge in [-0.15, -0.1) is 0 Å². The molecule has 1 aromatic carbocycles. The van der Waals surface area contributed by atoms with Gasteiger partial charge in [0.15, 0.2) is 0 Å². The van der Waals surface area contributed by atoms with E-state index < -0.39 is 0 Å². The molecule has 1 aromatic rings. The summed E-state index contributed by atoms with van der Waals surface area (Å²) < 4.78 is 0. The number of carbonyl (C=O) groups is 2. The van der Waals surface area contributed by atoms with E-state index in [-0.39, 0.29) is 18.4 Å². The highest BCUT2D eigenvalue weighted by atomic mass is 16.2. The Hall–Kier alpha value is -1.84. The smallest absolute Gasteiger partial charge is 0.315 e. The van der Waals surface area contributed by atoms with Crippen LogP contribution in [0.25, 0.3) is 0 Å². The Kier molecular flexibility index (Phi) is 2.67. The van der Waals surface area contributed by atoms with Crippen LogP contribution in [0.5, 0.6) is 0 Å². The van der Waals surface area contributed by atoms with Gasteiger partial charge in [-0.05, 0) is 5.56 Å². The van der Waals surface area contributed by atoms with Crippen molar-refractivity contribution >= 4 is 11.9 Å². The molecule has 1 radical (unpaired) electrons. The number of carbonyl (C=O) groups excluding carboxylic acids is 2. The van der Waals surface area contributed by atoms with Crippen LogP contribution >= 0.6 is 0 Å². The van der Waals surface area contributed by atoms with Crippen LogP contribution in [-0.2, 0) is 11.3 Å². The van der Waals surface area contributed by atoms with Crippen molar-refractivity contribution in [2.45, 2.75) is 13.0 Å². The molecule has 77 valence electrons. The van der Waals surface area contributed by atoms with E-state index in [4.69, 9.17) is 0 Å². The molecule has 1 heterocycles. The lowest BCUT2D eigenvalue weighted by Gasteiger charge is -2.25. The van der Waals surface area contributed by atoms with Crippen molar-refractivity contribution in [3.63, 3.8) is 0 Å². The Bertz CT molecular complexity index is 375. The normalized spacial score (nSPS) is 16.4. The Morgan fingerprint density at radius 1 is 1.20 bits per heavy atom. The van der Waals surface area contributed by atoms with Gasteiger partial charge in [-0.2, -0.15) is 0 Å². The molecular weight excluding hydrogens is 192 g/mol. The summed E-state index contributed by atoms with van der Waals surface area (Å²) in [6.45, 7) is 2.12. The first kappa shape index (κ1) is 9.71. The number of rotatable bonds is 2. The molecule has 0 unspecified atom stereocenters. The van der Waals surface area contributed by atoms with Crippen LogP contribution in [0.15, 0.2) is 30.3 Å². The summed E-state index contributed by atoms with van der Waals surface area (Å²) in [4.78, 5) is 23.8. The lowest BCUT2D eigenvalue weighted by Crippen LogP contribution is -2.46. The first-order valence-electron chi connectivity index (χ1n) is 4.73. The Morgan fingerprint density at radius 3 is 2.60 bits per heavy atom. The Morgan fingerprint density at radius 2 is 1.93 bits per heavy atom. The third kappa shape index (κ3) is 2.34. The third-order valence-electron chi connectivity index (χ3n) is 2.20. The maximum Gasteiger partial charge on any atom is 0.324 e. The SMILES string of the molecule is O=C1C[CH]N(Cc2ccccc2)C(=O)N1. The minimum absolute atomic E-state index is 0.246. The number of urea groups is 1. The first-order valence-corrected chi connectivity index (χ1v) is 4.73. The zero-order chi connectivity index (χ0) is 10.7. The average Bonchev–Trinajstić information content (AvgIpc) is 2.24. The van der Waals surface area contributed by atoms with Gasteiger partial charge in [-0.25, -0.2) is 4.79 Å². The fraction of sp³-hybridized carbons (Fsp3) is 0.182. The van der Waals surface area contributed by atoms with Gasteiger partial charge in [0.1, 0.15) is 0 Å². The summed E-state index contributed by atoms with van der Waals surface area (Å²) in [7, 11) is 0. The van der Waals surface area contributed by atoms with Gasteiger partial charge in [0, 0.05) is 13.0 Å². The van der Waals surface area contributed by atoms with Crippen LogP contribution < -0.4 is 5.32 Å². The average molecular weight is 203 g/mol. The molecule has 1 aliphatic heterocycles. The van der Waals surface area contributed by atoms with E-state index in [1.54, 1.807) is 6.54 Å². The molecule has 0 atom stereocenters. The number of nitrogens with one attached hydrogen (secondary N) is 1. The zero-order valence-electron chi connectivity index (χ0n) is 8.14. The fourth-order valence-corrected chi connectivity index (χ4v) is 1.43. The summed E-state index contributed by atoms with van der Waals surface area (Å²) in [5, 5.41) is 2.27. The van der Waals surface area contributed by atoms with E-state index in [9.17, 15) is 9.59 Å². The van der Waals surface area contributed by atoms with Gasteiger partial charge in [0.2, 0.25) is 5.91 Å². The van der Waals surface area contributed by atoms with Crippen LogP contribution in [0.3, 0.4) is 0 Å². The maximum absolute atomic E-state index is 11.4. The van der Waals surface area contributed by atoms with Crippen molar-refractivity contribution in [2.24, 2.45) is 0 Å². The monoisotopic (exact) mass is 203 g/mol. The van der Waals surface area contributed by atoms with E-state index >= 15 is 0 Å². The highest BCUT2D eigenvalue weighted by molar-refractivity contribution is 5.97. The lowest BCUT2D eigenvalue weighted by atomic mass is 10.2. The van der Waals surface area contributed by atoms with Gasteiger partial charge in [0.25, 0.3) is 0 Å². The molecule has 4 heteroatoms. The van der Waals surface area contributed by atoms with Gasteiger partial charge in [0.05, 0.1) is 6.54 Å². The number of hydrogen-bond donors (Lipinski definition) is 1. The van der Waals surface area contributed by atoms with Crippen LogP contribution in [0, 0.1) is 6.54 Å². The van der Waals surface area contributed by atoms with E-state index in [1.807, 2.05) is 30.3 Å². The lowest BCUT2D eigenvalue weighted by molar-refractivity contribution is -0.120. The van der Waals surface area contributed by atoms with Crippen molar-refractivity contribution in [2.75, 3.05) is 0 Å². The van der Waals surface area contributed by atoms with Crippen molar-refractivity contribution < 1.29 is 9.59 Å². The molecular formula is C11H11N2O2. The fourth-order valence-electron chi connectivity index (χ4n) is 1.43. The number of hydrogen-bond acceptors (Lipinski definition) is 2. The second kappa shape index (κ2) is 4.13. The number of benzene rings is 1. The summed E-state index contributed by atoms with van der Waals surface area (Å²) in [5.74, 6) is -0.246. The van der Waals surface area contributed by atoms with E-state index in [0.717, 1.165) is 5.56 Å². The largest absolute Gasteiger partial charge is 0.324 e. The molecule has 4 nitrogen and oxygen atoms in total. The molecule has 0 spiro atoms. The van der Waals surface area contributed by atoms with Crippen LogP contribution in [-0.4, -0.2) is 16.8 Å². The van der Waals surface area contributed by atoms with E-state index in [0.29, 0.717) is 6.54 Å². The molecule has 2 rings (SSSR count). The van der Waals surface area contributed by atoms with Gasteiger partial charge >= 0.3 is 6.03 Å².